The summed E-state index contributed by atoms with van der Waals surface area (Å²) >= 11 is 0. The molecule has 0 aromatic heterocycles. The molecule has 2 rings (SSSR count). The Bertz CT molecular complexity index is 666. The Balaban J connectivity index is 2.05. The number of carbonyl (C=O) groups is 2. The first-order chi connectivity index (χ1) is 12.8. The van der Waals surface area contributed by atoms with Gasteiger partial charge in [-0.3, -0.25) is 14.5 Å². The van der Waals surface area contributed by atoms with Gasteiger partial charge in [-0.25, -0.2) is 4.39 Å². The molecule has 1 aromatic rings. The second-order valence-corrected chi connectivity index (χ2v) is 7.54. The number of nitrogens with zero attached hydrogens (tertiary/aromatic N) is 1. The van der Waals surface area contributed by atoms with Crippen LogP contribution in [0.15, 0.2) is 18.2 Å². The first kappa shape index (κ1) is 21.4. The topological polar surface area (TPSA) is 55.8 Å². The highest BCUT2D eigenvalue weighted by atomic mass is 19.1. The molecular formula is C21H30FNO4. The van der Waals surface area contributed by atoms with Gasteiger partial charge in [0.2, 0.25) is 0 Å². The van der Waals surface area contributed by atoms with Gasteiger partial charge in [0.1, 0.15) is 5.82 Å². The first-order valence-electron chi connectivity index (χ1n) is 9.56. The number of hydrogen-bond acceptors (Lipinski definition) is 5. The zero-order valence-electron chi connectivity index (χ0n) is 16.7. The predicted octanol–water partition coefficient (Wildman–Crippen LogP) is 3.66. The fourth-order valence-electron chi connectivity index (χ4n) is 3.52. The molecule has 1 aliphatic heterocycles. The van der Waals surface area contributed by atoms with Gasteiger partial charge in [-0.15, -0.1) is 0 Å². The minimum absolute atomic E-state index is 0.0214. The maximum atomic E-state index is 14.4. The highest BCUT2D eigenvalue weighted by Crippen LogP contribution is 2.37. The van der Waals surface area contributed by atoms with Crippen molar-refractivity contribution in [1.82, 2.24) is 4.90 Å². The van der Waals surface area contributed by atoms with Gasteiger partial charge in [-0.2, -0.15) is 0 Å². The quantitative estimate of drug-likeness (QED) is 0.677. The van der Waals surface area contributed by atoms with E-state index >= 15 is 0 Å². The normalized spacial score (nSPS) is 17.0. The van der Waals surface area contributed by atoms with E-state index in [1.807, 2.05) is 26.0 Å². The second kappa shape index (κ2) is 9.31. The molecule has 1 aromatic carbocycles. The van der Waals surface area contributed by atoms with Crippen LogP contribution in [0.5, 0.6) is 0 Å². The summed E-state index contributed by atoms with van der Waals surface area (Å²) in [6, 6.07) is 5.41. The number of halogens is 1. The fourth-order valence-corrected chi connectivity index (χ4v) is 3.52. The van der Waals surface area contributed by atoms with E-state index in [2.05, 4.69) is 4.90 Å². The van der Waals surface area contributed by atoms with Crippen LogP contribution in [0.1, 0.15) is 57.1 Å². The third-order valence-electron chi connectivity index (χ3n) is 5.37. The van der Waals surface area contributed by atoms with Crippen LogP contribution in [-0.2, 0) is 25.6 Å². The van der Waals surface area contributed by atoms with Crippen LogP contribution >= 0.6 is 0 Å². The lowest BCUT2D eigenvalue weighted by molar-refractivity contribution is -0.165. The van der Waals surface area contributed by atoms with E-state index < -0.39 is 11.4 Å². The molecule has 1 aliphatic rings. The van der Waals surface area contributed by atoms with Crippen LogP contribution in [0, 0.1) is 11.2 Å². The fraction of sp³-hybridized carbons (Fsp3) is 0.619. The smallest absolute Gasteiger partial charge is 0.312 e. The van der Waals surface area contributed by atoms with Crippen molar-refractivity contribution in [2.45, 2.75) is 52.5 Å². The molecule has 0 radical (unpaired) electrons. The summed E-state index contributed by atoms with van der Waals surface area (Å²) < 4.78 is 24.4. The lowest BCUT2D eigenvalue weighted by Gasteiger charge is -2.39. The minimum Gasteiger partial charge on any atom is -0.469 e. The number of piperidine rings is 1. The van der Waals surface area contributed by atoms with Crippen molar-refractivity contribution in [2.24, 2.45) is 5.41 Å². The van der Waals surface area contributed by atoms with E-state index in [-0.39, 0.29) is 30.7 Å². The Morgan fingerprint density at radius 3 is 2.44 bits per heavy atom. The monoisotopic (exact) mass is 379 g/mol. The van der Waals surface area contributed by atoms with Crippen LogP contribution in [0.4, 0.5) is 4.39 Å². The van der Waals surface area contributed by atoms with Gasteiger partial charge in [0.15, 0.2) is 0 Å². The molecule has 0 amide bonds. The number of likely N-dealkylation sites (tertiary alicyclic amines) is 1. The summed E-state index contributed by atoms with van der Waals surface area (Å²) in [5.74, 6) is -0.667. The van der Waals surface area contributed by atoms with E-state index in [4.69, 9.17) is 9.47 Å². The summed E-state index contributed by atoms with van der Waals surface area (Å²) in [5, 5.41) is 0. The highest BCUT2D eigenvalue weighted by Gasteiger charge is 2.44. The number of methoxy groups -OCH3 is 1. The molecule has 0 aliphatic carbocycles. The van der Waals surface area contributed by atoms with Gasteiger partial charge in [-0.1, -0.05) is 26.0 Å². The summed E-state index contributed by atoms with van der Waals surface area (Å²) in [4.78, 5) is 26.4. The molecule has 0 spiro atoms. The van der Waals surface area contributed by atoms with Crippen molar-refractivity contribution in [2.75, 3.05) is 26.8 Å². The summed E-state index contributed by atoms with van der Waals surface area (Å²) in [6.07, 6.45) is 1.01. The van der Waals surface area contributed by atoms with E-state index in [0.29, 0.717) is 38.0 Å². The van der Waals surface area contributed by atoms with E-state index in [9.17, 15) is 14.0 Å². The largest absolute Gasteiger partial charge is 0.469 e. The molecule has 5 nitrogen and oxygen atoms in total. The van der Waals surface area contributed by atoms with Crippen molar-refractivity contribution >= 4 is 11.9 Å². The van der Waals surface area contributed by atoms with Crippen molar-refractivity contribution in [1.29, 1.82) is 0 Å². The van der Waals surface area contributed by atoms with Gasteiger partial charge in [0.25, 0.3) is 0 Å². The Morgan fingerprint density at radius 2 is 1.93 bits per heavy atom. The summed E-state index contributed by atoms with van der Waals surface area (Å²) in [5.41, 5.74) is 0.782. The van der Waals surface area contributed by atoms with E-state index in [0.717, 1.165) is 5.56 Å². The Kier molecular flexibility index (Phi) is 7.36. The third kappa shape index (κ3) is 5.28. The molecule has 150 valence electrons. The Hall–Kier alpha value is -1.95. The zero-order chi connectivity index (χ0) is 20.0. The predicted molar refractivity (Wildman–Crippen MR) is 101 cm³/mol. The highest BCUT2D eigenvalue weighted by molar-refractivity contribution is 5.83. The summed E-state index contributed by atoms with van der Waals surface area (Å²) in [6.45, 7) is 7.79. The average Bonchev–Trinajstić information content (AvgIpc) is 2.64. The van der Waals surface area contributed by atoms with Crippen LogP contribution in [0.25, 0.3) is 0 Å². The standard InChI is InChI=1S/C21H30FNO4/c1-5-27-20(25)21(13-19(24)26-4)8-10-23(11-9-21)14-17-7-6-16(15(2)3)12-18(17)22/h6-7,12,15H,5,8-11,13-14H2,1-4H3. The Labute approximate surface area is 160 Å². The Morgan fingerprint density at radius 1 is 1.26 bits per heavy atom. The number of esters is 2. The van der Waals surface area contributed by atoms with Crippen LogP contribution in [0.3, 0.4) is 0 Å². The van der Waals surface area contributed by atoms with Crippen molar-refractivity contribution in [3.63, 3.8) is 0 Å². The SMILES string of the molecule is CCOC(=O)C1(CC(=O)OC)CCN(Cc2ccc(C(C)C)cc2F)CC1. The maximum absolute atomic E-state index is 14.4. The van der Waals surface area contributed by atoms with Gasteiger partial charge in [0.05, 0.1) is 25.6 Å². The van der Waals surface area contributed by atoms with Crippen molar-refractivity contribution < 1.29 is 23.5 Å². The molecule has 1 fully saturated rings. The molecule has 0 N–H and O–H groups in total. The molecule has 1 saturated heterocycles. The van der Waals surface area contributed by atoms with Crippen LogP contribution in [-0.4, -0.2) is 43.6 Å². The third-order valence-corrected chi connectivity index (χ3v) is 5.37. The summed E-state index contributed by atoms with van der Waals surface area (Å²) in [7, 11) is 1.32. The molecule has 0 atom stereocenters. The number of hydrogen-bond donors (Lipinski definition) is 0. The molecule has 0 bridgehead atoms. The van der Waals surface area contributed by atoms with Crippen LogP contribution < -0.4 is 0 Å². The number of carbonyl (C=O) groups excluding carboxylic acids is 2. The number of rotatable bonds is 7. The van der Waals surface area contributed by atoms with Crippen molar-refractivity contribution in [3.05, 3.63) is 35.1 Å². The molecule has 27 heavy (non-hydrogen) atoms. The van der Waals surface area contributed by atoms with Gasteiger partial charge < -0.3 is 9.47 Å². The molecule has 6 heteroatoms. The molecule has 0 saturated carbocycles. The van der Waals surface area contributed by atoms with Gasteiger partial charge in [-0.05, 0) is 50.4 Å². The zero-order valence-corrected chi connectivity index (χ0v) is 16.7. The molecular weight excluding hydrogens is 349 g/mol. The van der Waals surface area contributed by atoms with Crippen LogP contribution in [0.2, 0.25) is 0 Å². The number of benzene rings is 1. The lowest BCUT2D eigenvalue weighted by Crippen LogP contribution is -2.46. The second-order valence-electron chi connectivity index (χ2n) is 7.54. The van der Waals surface area contributed by atoms with E-state index in [1.165, 1.54) is 7.11 Å². The number of ether oxygens (including phenoxy) is 2. The minimum atomic E-state index is -0.848. The van der Waals surface area contributed by atoms with Crippen molar-refractivity contribution in [3.8, 4) is 0 Å². The van der Waals surface area contributed by atoms with Gasteiger partial charge in [0, 0.05) is 12.1 Å². The van der Waals surface area contributed by atoms with Gasteiger partial charge >= 0.3 is 11.9 Å². The molecule has 0 unspecified atom stereocenters. The maximum Gasteiger partial charge on any atom is 0.312 e. The lowest BCUT2D eigenvalue weighted by atomic mass is 9.75. The molecule has 1 heterocycles. The first-order valence-corrected chi connectivity index (χ1v) is 9.56. The van der Waals surface area contributed by atoms with E-state index in [1.54, 1.807) is 13.0 Å². The average molecular weight is 379 g/mol.